The molecule has 0 bridgehead atoms. The van der Waals surface area contributed by atoms with Gasteiger partial charge in [0.25, 0.3) is 0 Å². The molecular formula is C10H18O2S. The highest BCUT2D eigenvalue weighted by molar-refractivity contribution is 7.99. The van der Waals surface area contributed by atoms with E-state index in [1.165, 1.54) is 24.3 Å². The molecule has 76 valence electrons. The van der Waals surface area contributed by atoms with Crippen LogP contribution >= 0.6 is 11.8 Å². The fourth-order valence-electron chi connectivity index (χ4n) is 1.50. The smallest absolute Gasteiger partial charge is 0.306 e. The van der Waals surface area contributed by atoms with Crippen molar-refractivity contribution in [3.8, 4) is 0 Å². The van der Waals surface area contributed by atoms with Crippen LogP contribution in [0.5, 0.6) is 0 Å². The summed E-state index contributed by atoms with van der Waals surface area (Å²) in [6.07, 6.45) is 3.01. The first-order valence-corrected chi connectivity index (χ1v) is 6.11. The van der Waals surface area contributed by atoms with Gasteiger partial charge in [-0.3, -0.25) is 4.79 Å². The van der Waals surface area contributed by atoms with Crippen LogP contribution < -0.4 is 0 Å². The molecule has 13 heavy (non-hydrogen) atoms. The van der Waals surface area contributed by atoms with E-state index in [0.717, 1.165) is 0 Å². The lowest BCUT2D eigenvalue weighted by Gasteiger charge is -2.20. The largest absolute Gasteiger partial charge is 0.463 e. The standard InChI is InChI=1S/C10H18O2S/c1-8(2)12-10(11)7-9-3-5-13-6-4-9/h8-9H,3-7H2,1-2H3. The molecule has 0 aromatic rings. The first kappa shape index (κ1) is 10.9. The van der Waals surface area contributed by atoms with Crippen molar-refractivity contribution in [3.05, 3.63) is 0 Å². The van der Waals surface area contributed by atoms with Gasteiger partial charge in [0.15, 0.2) is 0 Å². The summed E-state index contributed by atoms with van der Waals surface area (Å²) in [5, 5.41) is 0. The van der Waals surface area contributed by atoms with Gasteiger partial charge in [0.1, 0.15) is 0 Å². The molecule has 0 aromatic heterocycles. The average Bonchev–Trinajstić information content (AvgIpc) is 2.04. The number of ether oxygens (including phenoxy) is 1. The van der Waals surface area contributed by atoms with Crippen LogP contribution in [0.3, 0.4) is 0 Å². The lowest BCUT2D eigenvalue weighted by atomic mass is 9.99. The first-order chi connectivity index (χ1) is 6.18. The molecule has 3 heteroatoms. The van der Waals surface area contributed by atoms with Gasteiger partial charge in [0.2, 0.25) is 0 Å². The van der Waals surface area contributed by atoms with Crippen LogP contribution in [0.4, 0.5) is 0 Å². The third kappa shape index (κ3) is 4.55. The van der Waals surface area contributed by atoms with E-state index in [2.05, 4.69) is 0 Å². The zero-order chi connectivity index (χ0) is 9.68. The highest BCUT2D eigenvalue weighted by atomic mass is 32.2. The maximum atomic E-state index is 11.3. The second kappa shape index (κ2) is 5.53. The average molecular weight is 202 g/mol. The summed E-state index contributed by atoms with van der Waals surface area (Å²) in [5.74, 6) is 2.97. The van der Waals surface area contributed by atoms with E-state index in [9.17, 15) is 4.79 Å². The molecule has 1 aliphatic rings. The third-order valence-corrected chi connectivity index (χ3v) is 3.21. The zero-order valence-corrected chi connectivity index (χ0v) is 9.23. The van der Waals surface area contributed by atoms with Crippen molar-refractivity contribution in [1.29, 1.82) is 0 Å². The molecule has 0 unspecified atom stereocenters. The summed E-state index contributed by atoms with van der Waals surface area (Å²) in [5.41, 5.74) is 0. The lowest BCUT2D eigenvalue weighted by molar-refractivity contribution is -0.148. The Bertz CT molecular complexity index is 162. The lowest BCUT2D eigenvalue weighted by Crippen LogP contribution is -2.18. The summed E-state index contributed by atoms with van der Waals surface area (Å²) in [6, 6.07) is 0. The third-order valence-electron chi connectivity index (χ3n) is 2.16. The summed E-state index contributed by atoms with van der Waals surface area (Å²) in [4.78, 5) is 11.3. The summed E-state index contributed by atoms with van der Waals surface area (Å²) in [7, 11) is 0. The van der Waals surface area contributed by atoms with Crippen molar-refractivity contribution in [2.24, 2.45) is 5.92 Å². The van der Waals surface area contributed by atoms with E-state index in [1.54, 1.807) is 0 Å². The van der Waals surface area contributed by atoms with E-state index >= 15 is 0 Å². The molecule has 0 spiro atoms. The van der Waals surface area contributed by atoms with Crippen molar-refractivity contribution in [2.45, 2.75) is 39.2 Å². The van der Waals surface area contributed by atoms with Gasteiger partial charge in [-0.1, -0.05) is 0 Å². The number of carbonyl (C=O) groups is 1. The molecular weight excluding hydrogens is 184 g/mol. The number of hydrogen-bond donors (Lipinski definition) is 0. The predicted molar refractivity (Wildman–Crippen MR) is 55.9 cm³/mol. The maximum Gasteiger partial charge on any atom is 0.306 e. The van der Waals surface area contributed by atoms with E-state index in [4.69, 9.17) is 4.74 Å². The van der Waals surface area contributed by atoms with Crippen molar-refractivity contribution in [1.82, 2.24) is 0 Å². The summed E-state index contributed by atoms with van der Waals surface area (Å²) >= 11 is 1.99. The first-order valence-electron chi connectivity index (χ1n) is 4.95. The molecule has 0 saturated carbocycles. The summed E-state index contributed by atoms with van der Waals surface area (Å²) < 4.78 is 5.11. The van der Waals surface area contributed by atoms with Crippen LogP contribution in [-0.2, 0) is 9.53 Å². The molecule has 0 aromatic carbocycles. The Morgan fingerprint density at radius 3 is 2.62 bits per heavy atom. The molecule has 1 saturated heterocycles. The van der Waals surface area contributed by atoms with Crippen LogP contribution in [0.25, 0.3) is 0 Å². The molecule has 0 amide bonds. The molecule has 0 N–H and O–H groups in total. The van der Waals surface area contributed by atoms with Crippen LogP contribution in [0.2, 0.25) is 0 Å². The predicted octanol–water partition coefficient (Wildman–Crippen LogP) is 2.47. The molecule has 1 aliphatic heterocycles. The van der Waals surface area contributed by atoms with Gasteiger partial charge in [0, 0.05) is 6.42 Å². The van der Waals surface area contributed by atoms with E-state index in [1.807, 2.05) is 25.6 Å². The Kier molecular flexibility index (Phi) is 4.64. The fourth-order valence-corrected chi connectivity index (χ4v) is 2.70. The SMILES string of the molecule is CC(C)OC(=O)CC1CCSCC1. The number of rotatable bonds is 3. The Labute approximate surface area is 84.4 Å². The van der Waals surface area contributed by atoms with Crippen molar-refractivity contribution in [2.75, 3.05) is 11.5 Å². The second-order valence-electron chi connectivity index (χ2n) is 3.80. The fraction of sp³-hybridized carbons (Fsp3) is 0.900. The number of thioether (sulfide) groups is 1. The minimum atomic E-state index is -0.0214. The monoisotopic (exact) mass is 202 g/mol. The molecule has 0 atom stereocenters. The van der Waals surface area contributed by atoms with Crippen LogP contribution in [-0.4, -0.2) is 23.6 Å². The zero-order valence-electron chi connectivity index (χ0n) is 8.41. The summed E-state index contributed by atoms with van der Waals surface area (Å²) in [6.45, 7) is 3.79. The highest BCUT2D eigenvalue weighted by Gasteiger charge is 2.18. The number of carbonyl (C=O) groups excluding carboxylic acids is 1. The Balaban J connectivity index is 2.18. The van der Waals surface area contributed by atoms with Gasteiger partial charge in [-0.15, -0.1) is 0 Å². The van der Waals surface area contributed by atoms with E-state index in [-0.39, 0.29) is 12.1 Å². The van der Waals surface area contributed by atoms with Gasteiger partial charge in [0.05, 0.1) is 6.10 Å². The minimum Gasteiger partial charge on any atom is -0.463 e. The molecule has 0 radical (unpaired) electrons. The topological polar surface area (TPSA) is 26.3 Å². The highest BCUT2D eigenvalue weighted by Crippen LogP contribution is 2.25. The van der Waals surface area contributed by atoms with E-state index in [0.29, 0.717) is 12.3 Å². The Hall–Kier alpha value is -0.180. The van der Waals surface area contributed by atoms with Gasteiger partial charge >= 0.3 is 5.97 Å². The molecule has 2 nitrogen and oxygen atoms in total. The molecule has 0 aliphatic carbocycles. The number of hydrogen-bond acceptors (Lipinski definition) is 3. The molecule has 1 rings (SSSR count). The number of esters is 1. The van der Waals surface area contributed by atoms with Gasteiger partial charge in [-0.2, -0.15) is 11.8 Å². The minimum absolute atomic E-state index is 0.0214. The van der Waals surface area contributed by atoms with Crippen molar-refractivity contribution in [3.63, 3.8) is 0 Å². The Morgan fingerprint density at radius 1 is 1.46 bits per heavy atom. The van der Waals surface area contributed by atoms with Crippen LogP contribution in [0, 0.1) is 5.92 Å². The van der Waals surface area contributed by atoms with Crippen molar-refractivity contribution >= 4 is 17.7 Å². The molecule has 1 fully saturated rings. The van der Waals surface area contributed by atoms with Crippen molar-refractivity contribution < 1.29 is 9.53 Å². The quantitative estimate of drug-likeness (QED) is 0.658. The Morgan fingerprint density at radius 2 is 2.08 bits per heavy atom. The van der Waals surface area contributed by atoms with Gasteiger partial charge < -0.3 is 4.74 Å². The van der Waals surface area contributed by atoms with Gasteiger partial charge in [-0.25, -0.2) is 0 Å². The van der Waals surface area contributed by atoms with Gasteiger partial charge in [-0.05, 0) is 44.1 Å². The maximum absolute atomic E-state index is 11.3. The normalized spacial score (nSPS) is 19.0. The second-order valence-corrected chi connectivity index (χ2v) is 5.02. The van der Waals surface area contributed by atoms with Crippen LogP contribution in [0.15, 0.2) is 0 Å². The van der Waals surface area contributed by atoms with E-state index < -0.39 is 0 Å². The molecule has 1 heterocycles. The van der Waals surface area contributed by atoms with Crippen LogP contribution in [0.1, 0.15) is 33.1 Å².